The van der Waals surface area contributed by atoms with Crippen molar-refractivity contribution in [3.05, 3.63) is 70.9 Å². The van der Waals surface area contributed by atoms with Gasteiger partial charge >= 0.3 is 5.97 Å². The van der Waals surface area contributed by atoms with Crippen LogP contribution in [-0.4, -0.2) is 72.1 Å². The normalized spacial score (nSPS) is 26.3. The Kier molecular flexibility index (Phi) is 10.6. The quantitative estimate of drug-likeness (QED) is 0.209. The van der Waals surface area contributed by atoms with E-state index in [0.717, 1.165) is 100 Å². The zero-order valence-electron chi connectivity index (χ0n) is 28.4. The summed E-state index contributed by atoms with van der Waals surface area (Å²) in [6, 6.07) is 11.0. The molecule has 0 unspecified atom stereocenters. The Labute approximate surface area is 279 Å². The molecule has 2 aromatic heterocycles. The van der Waals surface area contributed by atoms with Crippen LogP contribution in [0.25, 0.3) is 0 Å². The monoisotopic (exact) mass is 643 g/mol. The summed E-state index contributed by atoms with van der Waals surface area (Å²) in [5.41, 5.74) is 4.11. The van der Waals surface area contributed by atoms with Crippen LogP contribution >= 0.6 is 0 Å². The highest BCUT2D eigenvalue weighted by atomic mass is 16.4. The first-order valence-corrected chi connectivity index (χ1v) is 17.8. The first-order chi connectivity index (χ1) is 22.7. The maximum absolute atomic E-state index is 11.5. The van der Waals surface area contributed by atoms with Crippen LogP contribution in [0.15, 0.2) is 42.7 Å². The Morgan fingerprint density at radius 2 is 1.91 bits per heavy atom. The minimum Gasteiger partial charge on any atom is -0.481 e. The van der Waals surface area contributed by atoms with E-state index in [1.54, 1.807) is 0 Å². The van der Waals surface area contributed by atoms with Crippen molar-refractivity contribution in [3.8, 4) is 0 Å². The fourth-order valence-electron chi connectivity index (χ4n) is 8.26. The number of benzene rings is 1. The molecule has 10 heteroatoms. The molecule has 3 aliphatic rings. The average molecular weight is 644 g/mol. The number of nitrogens with zero attached hydrogens (tertiary/aromatic N) is 5. The number of anilines is 1. The van der Waals surface area contributed by atoms with Crippen LogP contribution in [-0.2, 0) is 31.2 Å². The molecule has 254 valence electrons. The predicted molar refractivity (Wildman–Crippen MR) is 183 cm³/mol. The van der Waals surface area contributed by atoms with Gasteiger partial charge in [0.1, 0.15) is 11.6 Å². The highest BCUT2D eigenvalue weighted by Gasteiger charge is 2.33. The Hall–Kier alpha value is -3.34. The third-order valence-corrected chi connectivity index (χ3v) is 10.9. The van der Waals surface area contributed by atoms with Crippen molar-refractivity contribution in [2.75, 3.05) is 25.0 Å². The first-order valence-electron chi connectivity index (χ1n) is 17.8. The number of carboxylic acid groups (broad SMARTS) is 1. The van der Waals surface area contributed by atoms with E-state index in [1.165, 1.54) is 11.1 Å². The van der Waals surface area contributed by atoms with Gasteiger partial charge in [0.2, 0.25) is 0 Å². The summed E-state index contributed by atoms with van der Waals surface area (Å²) >= 11 is 0. The lowest BCUT2D eigenvalue weighted by molar-refractivity contribution is -0.143. The van der Waals surface area contributed by atoms with Crippen molar-refractivity contribution < 1.29 is 15.0 Å². The SMILES string of the molecule is CC[C@@H](NCc1nc2c(c(N[C@@H](CN3CCC[C@](C)(O)C3)c3cnn(C)c3)n1)C[C@H](c1ccccc1)CC2)C1CCC(C(=O)O)CC1. The minimum atomic E-state index is -0.684. The van der Waals surface area contributed by atoms with Crippen molar-refractivity contribution in [3.63, 3.8) is 0 Å². The molecule has 1 saturated heterocycles. The molecule has 0 bridgehead atoms. The fourth-order valence-corrected chi connectivity index (χ4v) is 8.26. The topological polar surface area (TPSA) is 128 Å². The number of hydrogen-bond acceptors (Lipinski definition) is 8. The molecule has 0 amide bonds. The fraction of sp³-hybridized carbons (Fsp3) is 0.622. The Morgan fingerprint density at radius 1 is 1.13 bits per heavy atom. The molecule has 0 radical (unpaired) electrons. The maximum Gasteiger partial charge on any atom is 0.306 e. The molecule has 10 nitrogen and oxygen atoms in total. The largest absolute Gasteiger partial charge is 0.481 e. The predicted octanol–water partition coefficient (Wildman–Crippen LogP) is 5.24. The van der Waals surface area contributed by atoms with Crippen LogP contribution in [0.3, 0.4) is 0 Å². The number of likely N-dealkylation sites (tertiary alicyclic amines) is 1. The van der Waals surface area contributed by atoms with Gasteiger partial charge in [0.05, 0.1) is 30.3 Å². The van der Waals surface area contributed by atoms with Gasteiger partial charge < -0.3 is 20.8 Å². The van der Waals surface area contributed by atoms with E-state index in [0.29, 0.717) is 31.0 Å². The van der Waals surface area contributed by atoms with Gasteiger partial charge in [-0.3, -0.25) is 14.4 Å². The molecular formula is C37H53N7O3. The maximum atomic E-state index is 11.5. The van der Waals surface area contributed by atoms with Gasteiger partial charge in [-0.1, -0.05) is 37.3 Å². The number of β-amino-alcohol motifs (C(OH)–C–C–N with tert-alkyl or cyclic N) is 1. The van der Waals surface area contributed by atoms with Crippen molar-refractivity contribution >= 4 is 11.8 Å². The van der Waals surface area contributed by atoms with Crippen LogP contribution in [0, 0.1) is 11.8 Å². The van der Waals surface area contributed by atoms with Crippen molar-refractivity contribution in [1.29, 1.82) is 0 Å². The van der Waals surface area contributed by atoms with Gasteiger partial charge in [-0.05, 0) is 95.1 Å². The first kappa shape index (κ1) is 33.6. The van der Waals surface area contributed by atoms with E-state index in [2.05, 4.69) is 64.1 Å². The second-order valence-electron chi connectivity index (χ2n) is 14.6. The van der Waals surface area contributed by atoms with Gasteiger partial charge in [-0.2, -0.15) is 5.10 Å². The number of aryl methyl sites for hydroxylation is 2. The number of rotatable bonds is 12. The van der Waals surface area contributed by atoms with E-state index in [9.17, 15) is 15.0 Å². The summed E-state index contributed by atoms with van der Waals surface area (Å²) in [5.74, 6) is 1.72. The molecule has 4 atom stereocenters. The number of piperidine rings is 1. The Balaban J connectivity index is 1.26. The number of nitrogens with one attached hydrogen (secondary N) is 2. The number of fused-ring (bicyclic) bond motifs is 1. The molecule has 1 aliphatic heterocycles. The van der Waals surface area contributed by atoms with Crippen LogP contribution in [0.4, 0.5) is 5.82 Å². The molecule has 6 rings (SSSR count). The summed E-state index contributed by atoms with van der Waals surface area (Å²) in [4.78, 5) is 24.3. The summed E-state index contributed by atoms with van der Waals surface area (Å²) in [6.07, 6.45) is 13.0. The standard InChI is InChI=1S/C37H53N7O3/c1-4-31(26-11-13-27(14-12-26)36(45)46)38-21-34-40-32-16-15-28(25-9-6-5-7-10-25)19-30(32)35(42-34)41-33(29-20-39-43(3)22-29)23-44-18-8-17-37(2,47)24-44/h5-7,9-10,20,22,26-28,31,33,38,47H,4,8,11-19,21,23-24H2,1-3H3,(H,45,46)(H,40,41,42)/t26?,27?,28-,31-,33+,37+/m1/s1. The van der Waals surface area contributed by atoms with Crippen LogP contribution in [0.5, 0.6) is 0 Å². The molecule has 2 fully saturated rings. The van der Waals surface area contributed by atoms with E-state index in [4.69, 9.17) is 9.97 Å². The summed E-state index contributed by atoms with van der Waals surface area (Å²) in [6.45, 7) is 7.07. The van der Waals surface area contributed by atoms with Gasteiger partial charge in [-0.25, -0.2) is 9.97 Å². The average Bonchev–Trinajstić information content (AvgIpc) is 3.51. The smallest absolute Gasteiger partial charge is 0.306 e. The van der Waals surface area contributed by atoms with E-state index in [-0.39, 0.29) is 12.0 Å². The van der Waals surface area contributed by atoms with E-state index < -0.39 is 11.6 Å². The molecule has 3 heterocycles. The van der Waals surface area contributed by atoms with Crippen molar-refractivity contribution in [2.45, 2.75) is 108 Å². The summed E-state index contributed by atoms with van der Waals surface area (Å²) < 4.78 is 1.85. The lowest BCUT2D eigenvalue weighted by Gasteiger charge is -2.38. The number of aromatic nitrogens is 4. The van der Waals surface area contributed by atoms with E-state index >= 15 is 0 Å². The lowest BCUT2D eigenvalue weighted by Crippen LogP contribution is -2.48. The third-order valence-electron chi connectivity index (χ3n) is 10.9. The Bertz CT molecular complexity index is 1480. The zero-order valence-corrected chi connectivity index (χ0v) is 28.4. The molecule has 2 aliphatic carbocycles. The number of carboxylic acids is 1. The van der Waals surface area contributed by atoms with Crippen LogP contribution in [0.2, 0.25) is 0 Å². The second-order valence-corrected chi connectivity index (χ2v) is 14.6. The molecule has 3 aromatic rings. The molecule has 1 aromatic carbocycles. The van der Waals surface area contributed by atoms with Gasteiger partial charge in [-0.15, -0.1) is 0 Å². The molecule has 47 heavy (non-hydrogen) atoms. The van der Waals surface area contributed by atoms with Crippen molar-refractivity contribution in [2.24, 2.45) is 18.9 Å². The highest BCUT2D eigenvalue weighted by Crippen LogP contribution is 2.37. The van der Waals surface area contributed by atoms with Gasteiger partial charge in [0.25, 0.3) is 0 Å². The highest BCUT2D eigenvalue weighted by molar-refractivity contribution is 5.70. The number of hydrogen-bond donors (Lipinski definition) is 4. The molecule has 1 saturated carbocycles. The number of aliphatic hydroxyl groups is 1. The summed E-state index contributed by atoms with van der Waals surface area (Å²) in [5, 5.41) is 32.5. The minimum absolute atomic E-state index is 0.0534. The second kappa shape index (κ2) is 14.8. The number of carbonyl (C=O) groups is 1. The molecule has 0 spiro atoms. The Morgan fingerprint density at radius 3 is 2.60 bits per heavy atom. The zero-order chi connectivity index (χ0) is 33.0. The van der Waals surface area contributed by atoms with Crippen molar-refractivity contribution in [1.82, 2.24) is 30.0 Å². The van der Waals surface area contributed by atoms with Gasteiger partial charge in [0, 0.05) is 49.2 Å². The summed E-state index contributed by atoms with van der Waals surface area (Å²) in [7, 11) is 1.95. The van der Waals surface area contributed by atoms with E-state index in [1.807, 2.05) is 24.9 Å². The molecular weight excluding hydrogens is 590 g/mol. The molecule has 4 N–H and O–H groups in total. The third kappa shape index (κ3) is 8.39. The lowest BCUT2D eigenvalue weighted by atomic mass is 9.78. The van der Waals surface area contributed by atoms with Crippen LogP contribution in [0.1, 0.15) is 105 Å². The number of aliphatic carboxylic acids is 1. The van der Waals surface area contributed by atoms with Crippen LogP contribution < -0.4 is 10.6 Å². The van der Waals surface area contributed by atoms with Gasteiger partial charge in [0.15, 0.2) is 0 Å².